The van der Waals surface area contributed by atoms with E-state index in [9.17, 15) is 4.79 Å². The van der Waals surface area contributed by atoms with Crippen LogP contribution < -0.4 is 10.1 Å². The predicted octanol–water partition coefficient (Wildman–Crippen LogP) is 2.14. The number of nitrogens with one attached hydrogen (secondary N) is 1. The summed E-state index contributed by atoms with van der Waals surface area (Å²) < 4.78 is 7.63. The van der Waals surface area contributed by atoms with Gasteiger partial charge in [-0.1, -0.05) is 18.2 Å². The zero-order valence-electron chi connectivity index (χ0n) is 15.5. The molecule has 1 aromatic heterocycles. The topological polar surface area (TPSA) is 59.4 Å². The number of carbonyl (C=O) groups excluding carboxylic acids is 1. The molecule has 26 heavy (non-hydrogen) atoms. The Morgan fingerprint density at radius 1 is 1.27 bits per heavy atom. The minimum absolute atomic E-state index is 0.0849. The number of hydrogen-bond donors (Lipinski definition) is 1. The smallest absolute Gasteiger partial charge is 0.260 e. The van der Waals surface area contributed by atoms with Crippen LogP contribution in [0.3, 0.4) is 0 Å². The maximum Gasteiger partial charge on any atom is 0.260 e. The average molecular weight is 356 g/mol. The van der Waals surface area contributed by atoms with Gasteiger partial charge in [-0.25, -0.2) is 0 Å². The van der Waals surface area contributed by atoms with Gasteiger partial charge in [-0.3, -0.25) is 9.48 Å². The Morgan fingerprint density at radius 2 is 2.08 bits per heavy atom. The number of ether oxygens (including phenoxy) is 1. The zero-order valence-corrected chi connectivity index (χ0v) is 15.5. The highest BCUT2D eigenvalue weighted by atomic mass is 16.5. The quantitative estimate of drug-likeness (QED) is 0.700. The van der Waals surface area contributed by atoms with Crippen LogP contribution in [0.1, 0.15) is 30.4 Å². The van der Waals surface area contributed by atoms with Crippen LogP contribution in [0, 0.1) is 0 Å². The van der Waals surface area contributed by atoms with E-state index in [0.29, 0.717) is 0 Å². The van der Waals surface area contributed by atoms with Gasteiger partial charge in [-0.05, 0) is 43.9 Å². The van der Waals surface area contributed by atoms with Crippen molar-refractivity contribution in [1.29, 1.82) is 0 Å². The van der Waals surface area contributed by atoms with Gasteiger partial charge < -0.3 is 15.0 Å². The third-order valence-electron chi connectivity index (χ3n) is 4.68. The summed E-state index contributed by atoms with van der Waals surface area (Å²) in [5, 5.41) is 7.65. The van der Waals surface area contributed by atoms with E-state index in [2.05, 4.69) is 16.6 Å². The minimum Gasteiger partial charge on any atom is -0.483 e. The van der Waals surface area contributed by atoms with Crippen molar-refractivity contribution in [3.05, 3.63) is 47.8 Å². The average Bonchev–Trinajstić information content (AvgIpc) is 3.32. The summed E-state index contributed by atoms with van der Waals surface area (Å²) in [4.78, 5) is 14.0. The third kappa shape index (κ3) is 5.33. The third-order valence-corrected chi connectivity index (χ3v) is 4.68. The molecule has 1 aliphatic rings. The Kier molecular flexibility index (Phi) is 6.66. The second kappa shape index (κ2) is 9.38. The van der Waals surface area contributed by atoms with Crippen LogP contribution in [0.5, 0.6) is 5.75 Å². The number of benzene rings is 1. The van der Waals surface area contributed by atoms with E-state index in [1.165, 1.54) is 5.56 Å². The van der Waals surface area contributed by atoms with Gasteiger partial charge in [0, 0.05) is 38.4 Å². The molecule has 1 amide bonds. The van der Waals surface area contributed by atoms with Gasteiger partial charge in [0.1, 0.15) is 5.75 Å². The van der Waals surface area contributed by atoms with E-state index < -0.39 is 0 Å². The van der Waals surface area contributed by atoms with E-state index in [-0.39, 0.29) is 12.5 Å². The lowest BCUT2D eigenvalue weighted by Gasteiger charge is -2.17. The molecular weight excluding hydrogens is 328 g/mol. The fourth-order valence-corrected chi connectivity index (χ4v) is 3.23. The Morgan fingerprint density at radius 3 is 2.85 bits per heavy atom. The van der Waals surface area contributed by atoms with E-state index in [1.54, 1.807) is 0 Å². The van der Waals surface area contributed by atoms with Crippen molar-refractivity contribution in [3.8, 4) is 5.75 Å². The number of rotatable bonds is 9. The molecule has 6 heteroatoms. The first-order chi connectivity index (χ1) is 12.7. The molecule has 3 rings (SSSR count). The van der Waals surface area contributed by atoms with Crippen molar-refractivity contribution in [1.82, 2.24) is 20.0 Å². The number of amides is 1. The predicted molar refractivity (Wildman–Crippen MR) is 101 cm³/mol. The van der Waals surface area contributed by atoms with Gasteiger partial charge in [0.05, 0.1) is 6.20 Å². The maximum absolute atomic E-state index is 12.1. The molecule has 0 spiro atoms. The molecular formula is C20H28N4O2. The molecule has 1 fully saturated rings. The van der Waals surface area contributed by atoms with Crippen molar-refractivity contribution in [2.75, 3.05) is 26.2 Å². The highest BCUT2D eigenvalue weighted by molar-refractivity contribution is 5.78. The Bertz CT molecular complexity index is 707. The van der Waals surface area contributed by atoms with E-state index in [4.69, 9.17) is 4.74 Å². The van der Waals surface area contributed by atoms with E-state index >= 15 is 0 Å². The maximum atomic E-state index is 12.1. The first kappa shape index (κ1) is 18.5. The summed E-state index contributed by atoms with van der Waals surface area (Å²) in [6.07, 6.45) is 8.25. The van der Waals surface area contributed by atoms with Crippen LogP contribution in [-0.4, -0.2) is 46.8 Å². The van der Waals surface area contributed by atoms with Gasteiger partial charge in [0.15, 0.2) is 6.61 Å². The Labute approximate surface area is 155 Å². The van der Waals surface area contributed by atoms with Gasteiger partial charge in [0.2, 0.25) is 0 Å². The van der Waals surface area contributed by atoms with Crippen LogP contribution in [0.15, 0.2) is 36.7 Å². The fourth-order valence-electron chi connectivity index (χ4n) is 3.23. The lowest BCUT2D eigenvalue weighted by atomic mass is 10.2. The molecule has 0 atom stereocenters. The van der Waals surface area contributed by atoms with Crippen molar-refractivity contribution >= 4 is 5.91 Å². The van der Waals surface area contributed by atoms with Gasteiger partial charge in [0.25, 0.3) is 5.91 Å². The molecule has 1 saturated heterocycles. The number of aryl methyl sites for hydroxylation is 2. The highest BCUT2D eigenvalue weighted by Crippen LogP contribution is 2.18. The molecule has 0 radical (unpaired) electrons. The molecule has 0 saturated carbocycles. The number of hydrogen-bond acceptors (Lipinski definition) is 4. The second-order valence-corrected chi connectivity index (χ2v) is 6.79. The molecule has 2 aromatic rings. The fraction of sp³-hybridized carbons (Fsp3) is 0.500. The molecule has 140 valence electrons. The van der Waals surface area contributed by atoms with E-state index in [0.717, 1.165) is 63.2 Å². The lowest BCUT2D eigenvalue weighted by Crippen LogP contribution is -2.32. The van der Waals surface area contributed by atoms with Gasteiger partial charge in [-0.2, -0.15) is 5.10 Å². The number of para-hydroxylation sites is 1. The summed E-state index contributed by atoms with van der Waals surface area (Å²) in [6, 6.07) is 7.93. The van der Waals surface area contributed by atoms with Crippen LogP contribution in [0.4, 0.5) is 0 Å². The Hall–Kier alpha value is -2.34. The number of likely N-dealkylation sites (tertiary alicyclic amines) is 1. The van der Waals surface area contributed by atoms with Gasteiger partial charge in [-0.15, -0.1) is 0 Å². The SMILES string of the molecule is Cn1cc(CCCNCc2ccccc2OCC(=O)N2CCCC2)cn1. The van der Waals surface area contributed by atoms with Gasteiger partial charge >= 0.3 is 0 Å². The molecule has 0 unspecified atom stereocenters. The second-order valence-electron chi connectivity index (χ2n) is 6.79. The largest absolute Gasteiger partial charge is 0.483 e. The van der Waals surface area contributed by atoms with Crippen molar-refractivity contribution in [3.63, 3.8) is 0 Å². The van der Waals surface area contributed by atoms with Crippen LogP contribution in [0.25, 0.3) is 0 Å². The molecule has 2 heterocycles. The summed E-state index contributed by atoms with van der Waals surface area (Å²) in [7, 11) is 1.94. The van der Waals surface area contributed by atoms with Crippen LogP contribution in [0.2, 0.25) is 0 Å². The summed E-state index contributed by atoms with van der Waals surface area (Å²) in [5.41, 5.74) is 2.35. The number of aromatic nitrogens is 2. The minimum atomic E-state index is 0.0849. The molecule has 0 aliphatic carbocycles. The first-order valence-corrected chi connectivity index (χ1v) is 9.39. The molecule has 1 N–H and O–H groups in total. The summed E-state index contributed by atoms with van der Waals surface area (Å²) in [6.45, 7) is 3.51. The standard InChI is InChI=1S/C20H28N4O2/c1-23-15-17(13-22-23)7-6-10-21-14-18-8-2-3-9-19(18)26-16-20(25)24-11-4-5-12-24/h2-3,8-9,13,15,21H,4-7,10-12,14,16H2,1H3. The molecule has 0 bridgehead atoms. The highest BCUT2D eigenvalue weighted by Gasteiger charge is 2.18. The van der Waals surface area contributed by atoms with Crippen LogP contribution >= 0.6 is 0 Å². The molecule has 6 nitrogen and oxygen atoms in total. The van der Waals surface area contributed by atoms with Crippen molar-refractivity contribution in [2.24, 2.45) is 7.05 Å². The van der Waals surface area contributed by atoms with Crippen molar-refractivity contribution in [2.45, 2.75) is 32.2 Å². The van der Waals surface area contributed by atoms with E-state index in [1.807, 2.05) is 47.1 Å². The first-order valence-electron chi connectivity index (χ1n) is 9.39. The molecule has 1 aliphatic heterocycles. The normalized spacial score (nSPS) is 14.0. The van der Waals surface area contributed by atoms with Crippen LogP contribution in [-0.2, 0) is 24.8 Å². The Balaban J connectivity index is 1.40. The monoisotopic (exact) mass is 356 g/mol. The summed E-state index contributed by atoms with van der Waals surface area (Å²) >= 11 is 0. The lowest BCUT2D eigenvalue weighted by molar-refractivity contribution is -0.132. The van der Waals surface area contributed by atoms with Crippen molar-refractivity contribution < 1.29 is 9.53 Å². The zero-order chi connectivity index (χ0) is 18.2. The number of nitrogens with zero attached hydrogens (tertiary/aromatic N) is 3. The molecule has 1 aromatic carbocycles. The number of carbonyl (C=O) groups is 1. The summed E-state index contributed by atoms with van der Waals surface area (Å²) in [5.74, 6) is 0.876.